The third-order valence-electron chi connectivity index (χ3n) is 6.04. The van der Waals surface area contributed by atoms with Crippen molar-refractivity contribution in [2.75, 3.05) is 13.6 Å². The fraction of sp³-hybridized carbons (Fsp3) is 0.667. The van der Waals surface area contributed by atoms with Crippen molar-refractivity contribution in [2.45, 2.75) is 72.7 Å². The minimum atomic E-state index is -0.729. The van der Waals surface area contributed by atoms with Crippen LogP contribution in [0.3, 0.4) is 0 Å². The molecule has 0 aromatic carbocycles. The van der Waals surface area contributed by atoms with E-state index in [1.165, 1.54) is 11.9 Å². The van der Waals surface area contributed by atoms with Crippen LogP contribution in [0.5, 0.6) is 0 Å². The van der Waals surface area contributed by atoms with E-state index in [-0.39, 0.29) is 24.8 Å². The van der Waals surface area contributed by atoms with Crippen LogP contribution in [0.15, 0.2) is 6.20 Å². The second-order valence-corrected chi connectivity index (χ2v) is 9.42. The van der Waals surface area contributed by atoms with E-state index in [9.17, 15) is 14.7 Å². The number of aryl methyl sites for hydroxylation is 1. The highest BCUT2D eigenvalue weighted by Crippen LogP contribution is 2.34. The number of aliphatic hydroxyl groups is 1. The molecule has 3 heterocycles. The molecule has 10 heteroatoms. The molecular weight excluding hydrogens is 398 g/mol. The van der Waals surface area contributed by atoms with Crippen LogP contribution in [-0.2, 0) is 16.1 Å². The summed E-state index contributed by atoms with van der Waals surface area (Å²) >= 11 is 0. The highest BCUT2D eigenvalue weighted by Gasteiger charge is 2.45. The van der Waals surface area contributed by atoms with E-state index in [4.69, 9.17) is 0 Å². The van der Waals surface area contributed by atoms with E-state index in [0.717, 1.165) is 17.0 Å². The third kappa shape index (κ3) is 4.48. The Hall–Kier alpha value is -2.75. The maximum absolute atomic E-state index is 13.6. The lowest BCUT2D eigenvalue weighted by Crippen LogP contribution is -2.49. The molecule has 31 heavy (non-hydrogen) atoms. The first-order valence-corrected chi connectivity index (χ1v) is 10.6. The van der Waals surface area contributed by atoms with Crippen molar-refractivity contribution in [3.05, 3.63) is 28.8 Å². The number of amides is 2. The standard InChI is InChI=1S/C21H33N7O3/c1-12-13(2)24-27(14(12)3)9-15-10-28(25-23-15)18(21(4,5)6)20(31)26-11-16(29)8-17(26)19(30)22-7/h10,16-18,29H,8-9,11H2,1-7H3,(H,22,30)/t16-,17+,18-/m1/s1. The van der Waals surface area contributed by atoms with Crippen molar-refractivity contribution < 1.29 is 14.7 Å². The van der Waals surface area contributed by atoms with Gasteiger partial charge in [-0.3, -0.25) is 14.3 Å². The van der Waals surface area contributed by atoms with E-state index >= 15 is 0 Å². The SMILES string of the molecule is CNC(=O)[C@@H]1C[C@@H](O)CN1C(=O)[C@@H](n1cc(Cn2nc(C)c(C)c2C)nn1)C(C)(C)C. The number of β-amino-alcohol motifs (C(OH)–C–C–N with tert-alkyl or cyclic N) is 1. The van der Waals surface area contributed by atoms with Crippen molar-refractivity contribution in [1.82, 2.24) is 35.0 Å². The van der Waals surface area contributed by atoms with Gasteiger partial charge < -0.3 is 15.3 Å². The second-order valence-electron chi connectivity index (χ2n) is 9.42. The topological polar surface area (TPSA) is 118 Å². The molecule has 2 amide bonds. The molecule has 2 aromatic heterocycles. The zero-order valence-corrected chi connectivity index (χ0v) is 19.4. The van der Waals surface area contributed by atoms with Gasteiger partial charge in [0.05, 0.1) is 24.5 Å². The first-order chi connectivity index (χ1) is 14.4. The summed E-state index contributed by atoms with van der Waals surface area (Å²) in [5.74, 6) is -0.534. The van der Waals surface area contributed by atoms with Crippen LogP contribution in [0.25, 0.3) is 0 Å². The summed E-state index contributed by atoms with van der Waals surface area (Å²) in [5, 5.41) is 25.8. The van der Waals surface area contributed by atoms with Crippen LogP contribution in [0, 0.1) is 26.2 Å². The molecule has 0 radical (unpaired) electrons. The number of aliphatic hydroxyl groups excluding tert-OH is 1. The molecule has 0 aliphatic carbocycles. The molecule has 0 spiro atoms. The van der Waals surface area contributed by atoms with E-state index in [0.29, 0.717) is 12.2 Å². The first kappa shape index (κ1) is 22.9. The van der Waals surface area contributed by atoms with Gasteiger partial charge in [-0.05, 0) is 31.7 Å². The zero-order valence-electron chi connectivity index (χ0n) is 19.4. The molecule has 0 unspecified atom stereocenters. The molecule has 3 rings (SSSR count). The number of hydrogen-bond donors (Lipinski definition) is 2. The average molecular weight is 432 g/mol. The maximum atomic E-state index is 13.6. The minimum absolute atomic E-state index is 0.121. The molecule has 1 aliphatic heterocycles. The molecule has 170 valence electrons. The Morgan fingerprint density at radius 3 is 2.52 bits per heavy atom. The van der Waals surface area contributed by atoms with Gasteiger partial charge in [-0.25, -0.2) is 4.68 Å². The number of carbonyl (C=O) groups excluding carboxylic acids is 2. The smallest absolute Gasteiger partial charge is 0.248 e. The van der Waals surface area contributed by atoms with Gasteiger partial charge in [0.2, 0.25) is 11.8 Å². The van der Waals surface area contributed by atoms with Gasteiger partial charge in [-0.15, -0.1) is 5.10 Å². The maximum Gasteiger partial charge on any atom is 0.248 e. The minimum Gasteiger partial charge on any atom is -0.391 e. The van der Waals surface area contributed by atoms with Crippen molar-refractivity contribution in [1.29, 1.82) is 0 Å². The van der Waals surface area contributed by atoms with Gasteiger partial charge in [0, 0.05) is 25.7 Å². The number of carbonyl (C=O) groups is 2. The van der Waals surface area contributed by atoms with Crippen LogP contribution in [0.4, 0.5) is 0 Å². The Bertz CT molecular complexity index is 972. The summed E-state index contributed by atoms with van der Waals surface area (Å²) in [5.41, 5.74) is 3.38. The van der Waals surface area contributed by atoms with Crippen LogP contribution < -0.4 is 5.32 Å². The molecule has 1 aliphatic rings. The van der Waals surface area contributed by atoms with E-state index in [2.05, 4.69) is 20.7 Å². The molecule has 1 fully saturated rings. The monoisotopic (exact) mass is 431 g/mol. The molecule has 10 nitrogen and oxygen atoms in total. The lowest BCUT2D eigenvalue weighted by atomic mass is 9.85. The van der Waals surface area contributed by atoms with E-state index < -0.39 is 23.6 Å². The fourth-order valence-corrected chi connectivity index (χ4v) is 4.12. The van der Waals surface area contributed by atoms with Crippen LogP contribution >= 0.6 is 0 Å². The Balaban J connectivity index is 1.89. The zero-order chi connectivity index (χ0) is 23.1. The summed E-state index contributed by atoms with van der Waals surface area (Å²) in [6.07, 6.45) is 1.26. The highest BCUT2D eigenvalue weighted by molar-refractivity contribution is 5.90. The number of likely N-dealkylation sites (N-methyl/N-ethyl adjacent to an activating group) is 1. The molecule has 3 atom stereocenters. The number of aromatic nitrogens is 5. The van der Waals surface area contributed by atoms with Crippen molar-refractivity contribution in [3.63, 3.8) is 0 Å². The van der Waals surface area contributed by atoms with Crippen LogP contribution in [0.1, 0.15) is 55.9 Å². The number of nitrogens with one attached hydrogen (secondary N) is 1. The number of hydrogen-bond acceptors (Lipinski definition) is 6. The fourth-order valence-electron chi connectivity index (χ4n) is 4.12. The summed E-state index contributed by atoms with van der Waals surface area (Å²) in [7, 11) is 1.53. The van der Waals surface area contributed by atoms with Gasteiger partial charge in [0.15, 0.2) is 0 Å². The summed E-state index contributed by atoms with van der Waals surface area (Å²) in [4.78, 5) is 27.3. The van der Waals surface area contributed by atoms with Gasteiger partial charge >= 0.3 is 0 Å². The van der Waals surface area contributed by atoms with Gasteiger partial charge in [0.1, 0.15) is 17.8 Å². The number of nitrogens with zero attached hydrogens (tertiary/aromatic N) is 6. The van der Waals surface area contributed by atoms with Gasteiger partial charge in [0.25, 0.3) is 0 Å². The second kappa shape index (κ2) is 8.41. The average Bonchev–Trinajstić information content (AvgIpc) is 3.36. The van der Waals surface area contributed by atoms with Crippen LogP contribution in [0.2, 0.25) is 0 Å². The molecule has 1 saturated heterocycles. The molecule has 2 N–H and O–H groups in total. The first-order valence-electron chi connectivity index (χ1n) is 10.6. The van der Waals surface area contributed by atoms with Crippen molar-refractivity contribution >= 4 is 11.8 Å². The number of likely N-dealkylation sites (tertiary alicyclic amines) is 1. The lowest BCUT2D eigenvalue weighted by molar-refractivity contribution is -0.144. The summed E-state index contributed by atoms with van der Waals surface area (Å²) in [6, 6.07) is -1.37. The van der Waals surface area contributed by atoms with Crippen LogP contribution in [-0.4, -0.2) is 72.3 Å². The summed E-state index contributed by atoms with van der Waals surface area (Å²) < 4.78 is 3.45. The van der Waals surface area contributed by atoms with Crippen molar-refractivity contribution in [2.24, 2.45) is 5.41 Å². The Morgan fingerprint density at radius 1 is 1.29 bits per heavy atom. The Labute approximate surface area is 182 Å². The molecule has 2 aromatic rings. The highest BCUT2D eigenvalue weighted by atomic mass is 16.3. The largest absolute Gasteiger partial charge is 0.391 e. The Kier molecular flexibility index (Phi) is 6.22. The lowest BCUT2D eigenvalue weighted by Gasteiger charge is -2.34. The summed E-state index contributed by atoms with van der Waals surface area (Å²) in [6.45, 7) is 12.4. The van der Waals surface area contributed by atoms with Crippen molar-refractivity contribution in [3.8, 4) is 0 Å². The van der Waals surface area contributed by atoms with E-state index in [1.54, 1.807) is 10.9 Å². The molecular formula is C21H33N7O3. The van der Waals surface area contributed by atoms with Gasteiger partial charge in [-0.2, -0.15) is 5.10 Å². The van der Waals surface area contributed by atoms with Gasteiger partial charge in [-0.1, -0.05) is 26.0 Å². The predicted octanol–water partition coefficient (Wildman–Crippen LogP) is 0.743. The molecule has 0 saturated carbocycles. The third-order valence-corrected chi connectivity index (χ3v) is 6.04. The number of rotatable bonds is 5. The predicted molar refractivity (Wildman–Crippen MR) is 114 cm³/mol. The molecule has 0 bridgehead atoms. The Morgan fingerprint density at radius 2 is 1.97 bits per heavy atom. The van der Waals surface area contributed by atoms with E-state index in [1.807, 2.05) is 46.2 Å². The quantitative estimate of drug-likeness (QED) is 0.721. The normalized spacial score (nSPS) is 20.2.